The summed E-state index contributed by atoms with van der Waals surface area (Å²) in [6, 6.07) is 10.3. The summed E-state index contributed by atoms with van der Waals surface area (Å²) in [6.07, 6.45) is 3.44. The lowest BCUT2D eigenvalue weighted by Crippen LogP contribution is -2.08. The Morgan fingerprint density at radius 2 is 2.04 bits per heavy atom. The molecule has 0 spiro atoms. The van der Waals surface area contributed by atoms with Gasteiger partial charge in [0.05, 0.1) is 10.6 Å². The van der Waals surface area contributed by atoms with Crippen LogP contribution in [0.4, 0.5) is 5.82 Å². The third-order valence-corrected chi connectivity index (χ3v) is 5.75. The maximum absolute atomic E-state index is 6.25. The summed E-state index contributed by atoms with van der Waals surface area (Å²) >= 11 is 8.06. The molecule has 0 aliphatic carbocycles. The Balaban J connectivity index is 1.94. The van der Waals surface area contributed by atoms with E-state index in [1.54, 1.807) is 11.3 Å². The summed E-state index contributed by atoms with van der Waals surface area (Å²) < 4.78 is 2.05. The highest BCUT2D eigenvalue weighted by molar-refractivity contribution is 7.15. The Hall–Kier alpha value is -1.78. The first kappa shape index (κ1) is 15.7. The number of rotatable bonds is 2. The fraction of sp³-hybridized carbons (Fsp3) is 0.316. The molecule has 0 radical (unpaired) electrons. The lowest BCUT2D eigenvalue weighted by molar-refractivity contribution is 0.780. The van der Waals surface area contributed by atoms with E-state index in [0.29, 0.717) is 0 Å². The Morgan fingerprint density at radius 3 is 2.83 bits per heavy atom. The van der Waals surface area contributed by atoms with Crippen molar-refractivity contribution >= 4 is 28.8 Å². The molecule has 0 saturated carbocycles. The highest BCUT2D eigenvalue weighted by Crippen LogP contribution is 2.37. The van der Waals surface area contributed by atoms with E-state index < -0.39 is 0 Å². The quantitative estimate of drug-likeness (QED) is 0.645. The number of aromatic nitrogens is 2. The third-order valence-electron chi connectivity index (χ3n) is 4.50. The molecule has 0 atom stereocenters. The topological polar surface area (TPSA) is 29.9 Å². The summed E-state index contributed by atoms with van der Waals surface area (Å²) in [5.41, 5.74) is 4.66. The molecule has 0 unspecified atom stereocenters. The van der Waals surface area contributed by atoms with Gasteiger partial charge in [0.1, 0.15) is 11.5 Å². The first-order valence-electron chi connectivity index (χ1n) is 8.32. The van der Waals surface area contributed by atoms with E-state index in [-0.39, 0.29) is 0 Å². The second-order valence-electron chi connectivity index (χ2n) is 6.31. The van der Waals surface area contributed by atoms with Gasteiger partial charge in [-0.05, 0) is 62.9 Å². The molecule has 1 N–H and O–H groups in total. The fourth-order valence-corrected chi connectivity index (χ4v) is 4.29. The van der Waals surface area contributed by atoms with E-state index >= 15 is 0 Å². The van der Waals surface area contributed by atoms with Gasteiger partial charge in [0, 0.05) is 22.0 Å². The number of aryl methyl sites for hydroxylation is 2. The zero-order valence-corrected chi connectivity index (χ0v) is 15.5. The van der Waals surface area contributed by atoms with Gasteiger partial charge in [-0.15, -0.1) is 11.3 Å². The number of benzene rings is 1. The number of hydrogen-bond acceptors (Lipinski definition) is 3. The summed E-state index contributed by atoms with van der Waals surface area (Å²) in [4.78, 5) is 2.56. The number of hydrogen-bond donors (Lipinski definition) is 1. The minimum atomic E-state index is 0.738. The van der Waals surface area contributed by atoms with Crippen molar-refractivity contribution < 1.29 is 0 Å². The molecule has 0 bridgehead atoms. The van der Waals surface area contributed by atoms with Crippen LogP contribution in [0.3, 0.4) is 0 Å². The highest BCUT2D eigenvalue weighted by Gasteiger charge is 2.23. The Bertz CT molecular complexity index is 894. The molecule has 3 heterocycles. The SMILES string of the molecule is Cc1ccc(-c2nn(-c3cc(Cl)ccc3C)c3c2CCCCN3)s1. The van der Waals surface area contributed by atoms with E-state index in [1.165, 1.54) is 33.7 Å². The summed E-state index contributed by atoms with van der Waals surface area (Å²) in [7, 11) is 0. The van der Waals surface area contributed by atoms with Gasteiger partial charge in [-0.2, -0.15) is 5.10 Å². The molecule has 3 nitrogen and oxygen atoms in total. The molecule has 4 rings (SSSR count). The molecule has 2 aromatic heterocycles. The minimum Gasteiger partial charge on any atom is -0.370 e. The van der Waals surface area contributed by atoms with Gasteiger partial charge in [-0.3, -0.25) is 0 Å². The van der Waals surface area contributed by atoms with Crippen molar-refractivity contribution in [3.63, 3.8) is 0 Å². The van der Waals surface area contributed by atoms with Crippen LogP contribution in [0, 0.1) is 13.8 Å². The van der Waals surface area contributed by atoms with E-state index in [9.17, 15) is 0 Å². The van der Waals surface area contributed by atoms with E-state index in [2.05, 4.69) is 37.4 Å². The van der Waals surface area contributed by atoms with Crippen molar-refractivity contribution in [2.75, 3.05) is 11.9 Å². The smallest absolute Gasteiger partial charge is 0.133 e. The van der Waals surface area contributed by atoms with Crippen LogP contribution in [0.25, 0.3) is 16.3 Å². The van der Waals surface area contributed by atoms with Crippen LogP contribution in [0.5, 0.6) is 0 Å². The van der Waals surface area contributed by atoms with E-state index in [0.717, 1.165) is 35.2 Å². The number of fused-ring (bicyclic) bond motifs is 1. The zero-order chi connectivity index (χ0) is 16.7. The Labute approximate surface area is 151 Å². The molecular weight excluding hydrogens is 338 g/mol. The first-order valence-corrected chi connectivity index (χ1v) is 9.52. The Kier molecular flexibility index (Phi) is 4.10. The van der Waals surface area contributed by atoms with Gasteiger partial charge in [0.25, 0.3) is 0 Å². The van der Waals surface area contributed by atoms with Crippen molar-refractivity contribution in [1.82, 2.24) is 9.78 Å². The van der Waals surface area contributed by atoms with Crippen molar-refractivity contribution in [2.45, 2.75) is 33.1 Å². The van der Waals surface area contributed by atoms with Gasteiger partial charge in [-0.1, -0.05) is 17.7 Å². The third kappa shape index (κ3) is 2.74. The van der Waals surface area contributed by atoms with Crippen molar-refractivity contribution in [1.29, 1.82) is 0 Å². The molecule has 124 valence electrons. The van der Waals surface area contributed by atoms with Gasteiger partial charge in [0.15, 0.2) is 0 Å². The van der Waals surface area contributed by atoms with Crippen LogP contribution in [0.2, 0.25) is 5.02 Å². The number of thiophene rings is 1. The summed E-state index contributed by atoms with van der Waals surface area (Å²) in [5.74, 6) is 1.12. The molecule has 0 amide bonds. The number of halogens is 1. The molecule has 1 aromatic carbocycles. The van der Waals surface area contributed by atoms with Crippen molar-refractivity contribution in [3.8, 4) is 16.3 Å². The predicted molar refractivity (Wildman–Crippen MR) is 103 cm³/mol. The second-order valence-corrected chi connectivity index (χ2v) is 8.04. The van der Waals surface area contributed by atoms with Crippen LogP contribution < -0.4 is 5.32 Å². The standard InChI is InChI=1S/C19H20ClN3S/c1-12-6-8-14(20)11-16(12)23-19-15(5-3-4-10-21-19)18(22-23)17-9-7-13(2)24-17/h6-9,11,21H,3-5,10H2,1-2H3. The monoisotopic (exact) mass is 357 g/mol. The minimum absolute atomic E-state index is 0.738. The fourth-order valence-electron chi connectivity index (χ4n) is 3.25. The number of anilines is 1. The van der Waals surface area contributed by atoms with Gasteiger partial charge in [0.2, 0.25) is 0 Å². The highest BCUT2D eigenvalue weighted by atomic mass is 35.5. The number of nitrogens with one attached hydrogen (secondary N) is 1. The molecular formula is C19H20ClN3S. The lowest BCUT2D eigenvalue weighted by atomic mass is 10.1. The molecule has 24 heavy (non-hydrogen) atoms. The normalized spacial score (nSPS) is 14.1. The summed E-state index contributed by atoms with van der Waals surface area (Å²) in [5, 5.41) is 9.33. The molecule has 1 aliphatic rings. The van der Waals surface area contributed by atoms with Crippen LogP contribution in [-0.4, -0.2) is 16.3 Å². The maximum Gasteiger partial charge on any atom is 0.133 e. The van der Waals surface area contributed by atoms with E-state index in [1.807, 2.05) is 16.8 Å². The summed E-state index contributed by atoms with van der Waals surface area (Å²) in [6.45, 7) is 5.23. The predicted octanol–water partition coefficient (Wildman–Crippen LogP) is 5.62. The average molecular weight is 358 g/mol. The van der Waals surface area contributed by atoms with Crippen LogP contribution in [0.15, 0.2) is 30.3 Å². The average Bonchev–Trinajstić information content (AvgIpc) is 3.05. The first-order chi connectivity index (χ1) is 11.6. The van der Waals surface area contributed by atoms with Crippen molar-refractivity contribution in [3.05, 3.63) is 51.4 Å². The van der Waals surface area contributed by atoms with Crippen molar-refractivity contribution in [2.24, 2.45) is 0 Å². The number of nitrogens with zero attached hydrogens (tertiary/aromatic N) is 2. The zero-order valence-electron chi connectivity index (χ0n) is 13.9. The van der Waals surface area contributed by atoms with Crippen LogP contribution in [-0.2, 0) is 6.42 Å². The van der Waals surface area contributed by atoms with Crippen LogP contribution in [0.1, 0.15) is 28.8 Å². The largest absolute Gasteiger partial charge is 0.370 e. The van der Waals surface area contributed by atoms with E-state index in [4.69, 9.17) is 16.7 Å². The van der Waals surface area contributed by atoms with Crippen LogP contribution >= 0.6 is 22.9 Å². The molecule has 5 heteroatoms. The molecule has 1 aliphatic heterocycles. The Morgan fingerprint density at radius 1 is 1.17 bits per heavy atom. The van der Waals surface area contributed by atoms with Gasteiger partial charge >= 0.3 is 0 Å². The maximum atomic E-state index is 6.25. The molecule has 0 fully saturated rings. The molecule has 0 saturated heterocycles. The van der Waals surface area contributed by atoms with Gasteiger partial charge < -0.3 is 5.32 Å². The van der Waals surface area contributed by atoms with Gasteiger partial charge in [-0.25, -0.2) is 4.68 Å². The second kappa shape index (κ2) is 6.26. The molecule has 3 aromatic rings. The lowest BCUT2D eigenvalue weighted by Gasteiger charge is -2.12.